The van der Waals surface area contributed by atoms with E-state index in [0.29, 0.717) is 22.7 Å². The number of nitrogens with one attached hydrogen (secondary N) is 1. The molecule has 4 rings (SSSR count). The molecular formula is C21H16N4O3. The highest BCUT2D eigenvalue weighted by Crippen LogP contribution is 2.30. The van der Waals surface area contributed by atoms with Crippen LogP contribution in [0.25, 0.3) is 22.2 Å². The number of hydrogen-bond acceptors (Lipinski definition) is 6. The third-order valence-electron chi connectivity index (χ3n) is 4.00. The average molecular weight is 372 g/mol. The SMILES string of the molecule is COc1ncc(-c2ccccc2)c2ncc(NC(=O)Oc3ccccc3)nc12. The van der Waals surface area contributed by atoms with E-state index in [-0.39, 0.29) is 5.82 Å². The molecule has 0 aliphatic heterocycles. The van der Waals surface area contributed by atoms with Crippen LogP contribution in [0, 0.1) is 0 Å². The van der Waals surface area contributed by atoms with Crippen LogP contribution in [-0.4, -0.2) is 28.2 Å². The number of amides is 1. The molecule has 4 aromatic rings. The Balaban J connectivity index is 1.67. The molecule has 0 unspecified atom stereocenters. The normalized spacial score (nSPS) is 10.5. The highest BCUT2D eigenvalue weighted by molar-refractivity contribution is 5.95. The zero-order valence-corrected chi connectivity index (χ0v) is 15.0. The smallest absolute Gasteiger partial charge is 0.418 e. The van der Waals surface area contributed by atoms with Gasteiger partial charge in [0, 0.05) is 11.8 Å². The zero-order valence-electron chi connectivity index (χ0n) is 15.0. The van der Waals surface area contributed by atoms with Gasteiger partial charge in [0.15, 0.2) is 11.3 Å². The molecule has 1 N–H and O–H groups in total. The van der Waals surface area contributed by atoms with Gasteiger partial charge in [0.05, 0.1) is 13.3 Å². The lowest BCUT2D eigenvalue weighted by atomic mass is 10.1. The number of nitrogens with zero attached hydrogens (tertiary/aromatic N) is 3. The van der Waals surface area contributed by atoms with Crippen molar-refractivity contribution in [3.63, 3.8) is 0 Å². The number of rotatable bonds is 4. The van der Waals surface area contributed by atoms with Crippen molar-refractivity contribution in [2.75, 3.05) is 12.4 Å². The summed E-state index contributed by atoms with van der Waals surface area (Å²) in [6, 6.07) is 18.5. The number of para-hydroxylation sites is 1. The second-order valence-corrected chi connectivity index (χ2v) is 5.83. The van der Waals surface area contributed by atoms with Crippen molar-refractivity contribution in [3.05, 3.63) is 73.1 Å². The molecule has 0 saturated heterocycles. The van der Waals surface area contributed by atoms with Gasteiger partial charge in [-0.25, -0.2) is 19.7 Å². The topological polar surface area (TPSA) is 86.2 Å². The van der Waals surface area contributed by atoms with Gasteiger partial charge in [0.1, 0.15) is 11.3 Å². The van der Waals surface area contributed by atoms with Crippen molar-refractivity contribution in [2.24, 2.45) is 0 Å². The predicted octanol–water partition coefficient (Wildman–Crippen LogP) is 4.31. The lowest BCUT2D eigenvalue weighted by Gasteiger charge is -2.10. The maximum absolute atomic E-state index is 12.1. The second-order valence-electron chi connectivity index (χ2n) is 5.83. The molecular weight excluding hydrogens is 356 g/mol. The highest BCUT2D eigenvalue weighted by atomic mass is 16.6. The van der Waals surface area contributed by atoms with Crippen molar-refractivity contribution in [1.29, 1.82) is 0 Å². The first-order valence-electron chi connectivity index (χ1n) is 8.53. The number of fused-ring (bicyclic) bond motifs is 1. The lowest BCUT2D eigenvalue weighted by Crippen LogP contribution is -2.17. The van der Waals surface area contributed by atoms with E-state index in [4.69, 9.17) is 9.47 Å². The standard InChI is InChI=1S/C21H16N4O3/c1-27-20-19-18(16(12-23-20)14-8-4-2-5-9-14)22-13-17(24-19)25-21(26)28-15-10-6-3-7-11-15/h2-13H,1H3,(H,24,25,26). The first kappa shape index (κ1) is 17.4. The maximum atomic E-state index is 12.1. The van der Waals surface area contributed by atoms with E-state index < -0.39 is 6.09 Å². The van der Waals surface area contributed by atoms with Gasteiger partial charge < -0.3 is 9.47 Å². The van der Waals surface area contributed by atoms with Crippen molar-refractivity contribution >= 4 is 22.9 Å². The molecule has 0 aliphatic carbocycles. The number of ether oxygens (including phenoxy) is 2. The summed E-state index contributed by atoms with van der Waals surface area (Å²) >= 11 is 0. The van der Waals surface area contributed by atoms with E-state index in [0.717, 1.165) is 11.1 Å². The minimum Gasteiger partial charge on any atom is -0.479 e. The summed E-state index contributed by atoms with van der Waals surface area (Å²) in [6.45, 7) is 0. The minimum atomic E-state index is -0.661. The summed E-state index contributed by atoms with van der Waals surface area (Å²) in [4.78, 5) is 25.4. The van der Waals surface area contributed by atoms with Crippen molar-refractivity contribution in [1.82, 2.24) is 15.0 Å². The van der Waals surface area contributed by atoms with Crippen LogP contribution in [0.3, 0.4) is 0 Å². The summed E-state index contributed by atoms with van der Waals surface area (Å²) in [5.74, 6) is 0.986. The molecule has 0 radical (unpaired) electrons. The van der Waals surface area contributed by atoms with E-state index in [9.17, 15) is 4.79 Å². The van der Waals surface area contributed by atoms with Crippen LogP contribution in [0.5, 0.6) is 11.6 Å². The van der Waals surface area contributed by atoms with Crippen LogP contribution in [-0.2, 0) is 0 Å². The zero-order chi connectivity index (χ0) is 19.3. The Hall–Kier alpha value is -4.00. The summed E-state index contributed by atoms with van der Waals surface area (Å²) in [7, 11) is 1.51. The molecule has 0 atom stereocenters. The number of pyridine rings is 1. The van der Waals surface area contributed by atoms with E-state index in [2.05, 4.69) is 20.3 Å². The Kier molecular flexibility index (Phi) is 4.79. The molecule has 2 aromatic carbocycles. The van der Waals surface area contributed by atoms with Crippen LogP contribution in [0.4, 0.5) is 10.6 Å². The predicted molar refractivity (Wildman–Crippen MR) is 105 cm³/mol. The number of benzene rings is 2. The molecule has 0 bridgehead atoms. The first-order chi connectivity index (χ1) is 13.7. The summed E-state index contributed by atoms with van der Waals surface area (Å²) < 4.78 is 10.5. The molecule has 0 saturated carbocycles. The third kappa shape index (κ3) is 3.59. The molecule has 7 nitrogen and oxygen atoms in total. The van der Waals surface area contributed by atoms with E-state index >= 15 is 0 Å². The Labute approximate surface area is 161 Å². The van der Waals surface area contributed by atoms with Gasteiger partial charge >= 0.3 is 6.09 Å². The fourth-order valence-electron chi connectivity index (χ4n) is 2.75. The van der Waals surface area contributed by atoms with Gasteiger partial charge in [0.2, 0.25) is 5.88 Å². The fraction of sp³-hybridized carbons (Fsp3) is 0.0476. The van der Waals surface area contributed by atoms with Crippen LogP contribution >= 0.6 is 0 Å². The van der Waals surface area contributed by atoms with Crippen molar-refractivity contribution < 1.29 is 14.3 Å². The van der Waals surface area contributed by atoms with Gasteiger partial charge in [-0.3, -0.25) is 5.32 Å². The number of carbonyl (C=O) groups is 1. The monoisotopic (exact) mass is 372 g/mol. The molecule has 2 heterocycles. The van der Waals surface area contributed by atoms with Crippen LogP contribution in [0.2, 0.25) is 0 Å². The number of anilines is 1. The summed E-state index contributed by atoms with van der Waals surface area (Å²) in [5, 5.41) is 2.57. The Morgan fingerprint density at radius 1 is 0.893 bits per heavy atom. The van der Waals surface area contributed by atoms with Gasteiger partial charge in [-0.2, -0.15) is 0 Å². The van der Waals surface area contributed by atoms with Gasteiger partial charge in [-0.15, -0.1) is 0 Å². The number of methoxy groups -OCH3 is 1. The molecule has 7 heteroatoms. The van der Waals surface area contributed by atoms with E-state index in [1.165, 1.54) is 13.3 Å². The number of aromatic nitrogens is 3. The Morgan fingerprint density at radius 3 is 2.32 bits per heavy atom. The van der Waals surface area contributed by atoms with Gasteiger partial charge in [-0.1, -0.05) is 48.5 Å². The average Bonchev–Trinajstić information content (AvgIpc) is 2.74. The minimum absolute atomic E-state index is 0.235. The lowest BCUT2D eigenvalue weighted by molar-refractivity contribution is 0.215. The van der Waals surface area contributed by atoms with Crippen LogP contribution in [0.15, 0.2) is 73.1 Å². The Bertz CT molecular complexity index is 1120. The van der Waals surface area contributed by atoms with Gasteiger partial charge in [0.25, 0.3) is 0 Å². The van der Waals surface area contributed by atoms with Crippen LogP contribution < -0.4 is 14.8 Å². The second kappa shape index (κ2) is 7.71. The molecule has 2 aromatic heterocycles. The van der Waals surface area contributed by atoms with E-state index in [1.54, 1.807) is 30.5 Å². The fourth-order valence-corrected chi connectivity index (χ4v) is 2.75. The molecule has 1 amide bonds. The van der Waals surface area contributed by atoms with Crippen molar-refractivity contribution in [2.45, 2.75) is 0 Å². The quantitative estimate of drug-likeness (QED) is 0.574. The summed E-state index contributed by atoms with van der Waals surface area (Å²) in [6.07, 6.45) is 2.51. The summed E-state index contributed by atoms with van der Waals surface area (Å²) in [5.41, 5.74) is 2.85. The number of carbonyl (C=O) groups excluding carboxylic acids is 1. The molecule has 28 heavy (non-hydrogen) atoms. The van der Waals surface area contributed by atoms with Crippen LogP contribution in [0.1, 0.15) is 0 Å². The molecule has 138 valence electrons. The molecule has 0 spiro atoms. The largest absolute Gasteiger partial charge is 0.479 e. The maximum Gasteiger partial charge on any atom is 0.418 e. The van der Waals surface area contributed by atoms with Crippen molar-refractivity contribution in [3.8, 4) is 22.8 Å². The number of hydrogen-bond donors (Lipinski definition) is 1. The third-order valence-corrected chi connectivity index (χ3v) is 4.00. The molecule has 0 aliphatic rings. The first-order valence-corrected chi connectivity index (χ1v) is 8.53. The highest BCUT2D eigenvalue weighted by Gasteiger charge is 2.15. The molecule has 0 fully saturated rings. The van der Waals surface area contributed by atoms with Gasteiger partial charge in [-0.05, 0) is 17.7 Å². The van der Waals surface area contributed by atoms with E-state index in [1.807, 2.05) is 36.4 Å². The Morgan fingerprint density at radius 2 is 1.61 bits per heavy atom.